The molecule has 1 heterocycles. The number of carboxylic acids is 1. The molecule has 0 saturated carbocycles. The van der Waals surface area contributed by atoms with Gasteiger partial charge >= 0.3 is 12.1 Å². The zero-order valence-corrected chi connectivity index (χ0v) is 19.1. The number of fused-ring (bicyclic) bond motifs is 3. The van der Waals surface area contributed by atoms with Crippen LogP contribution in [0.5, 0.6) is 0 Å². The van der Waals surface area contributed by atoms with Crippen LogP contribution >= 0.6 is 0 Å². The topological polar surface area (TPSA) is 116 Å². The molecule has 1 saturated heterocycles. The normalized spacial score (nSPS) is 20.2. The van der Waals surface area contributed by atoms with E-state index in [4.69, 9.17) is 4.74 Å². The molecule has 8 nitrogen and oxygen atoms in total. The van der Waals surface area contributed by atoms with Crippen molar-refractivity contribution in [2.75, 3.05) is 19.8 Å². The summed E-state index contributed by atoms with van der Waals surface area (Å²) in [5.74, 6) is -1.78. The first-order valence-corrected chi connectivity index (χ1v) is 11.6. The van der Waals surface area contributed by atoms with E-state index in [1.54, 1.807) is 0 Å². The molecule has 3 atom stereocenters. The summed E-state index contributed by atoms with van der Waals surface area (Å²) in [6, 6.07) is 14.2. The van der Waals surface area contributed by atoms with Gasteiger partial charge in [-0.1, -0.05) is 55.5 Å². The molecule has 0 bridgehead atoms. The average molecular weight is 467 g/mol. The van der Waals surface area contributed by atoms with Gasteiger partial charge in [0.05, 0.1) is 19.1 Å². The second kappa shape index (κ2) is 10.3. The highest BCUT2D eigenvalue weighted by Crippen LogP contribution is 2.44. The van der Waals surface area contributed by atoms with Crippen LogP contribution in [0.1, 0.15) is 43.2 Å². The van der Waals surface area contributed by atoms with Gasteiger partial charge < -0.3 is 25.2 Å². The number of hydrogen-bond donors (Lipinski definition) is 3. The van der Waals surface area contributed by atoms with E-state index in [-0.39, 0.29) is 25.0 Å². The number of likely N-dealkylation sites (tertiary alicyclic amines) is 1. The van der Waals surface area contributed by atoms with Crippen molar-refractivity contribution in [3.8, 4) is 11.1 Å². The zero-order chi connectivity index (χ0) is 24.2. The molecular weight excluding hydrogens is 436 g/mol. The summed E-state index contributed by atoms with van der Waals surface area (Å²) in [4.78, 5) is 38.7. The lowest BCUT2D eigenvalue weighted by Crippen LogP contribution is -2.57. The SMILES string of the molecule is C[C@H]1CCCN(C(=O)C(CC(=O)O)NC(=O)OCC2c3ccccc3-c3ccccc32)[C@H]1CO. The molecule has 4 rings (SSSR count). The fourth-order valence-corrected chi connectivity index (χ4v) is 5.16. The predicted octanol–water partition coefficient (Wildman–Crippen LogP) is 2.99. The fourth-order valence-electron chi connectivity index (χ4n) is 5.16. The monoisotopic (exact) mass is 466 g/mol. The van der Waals surface area contributed by atoms with Gasteiger partial charge in [-0.2, -0.15) is 0 Å². The predicted molar refractivity (Wildman–Crippen MR) is 125 cm³/mol. The Morgan fingerprint density at radius 2 is 1.71 bits per heavy atom. The number of benzene rings is 2. The Bertz CT molecular complexity index is 1030. The van der Waals surface area contributed by atoms with Crippen molar-refractivity contribution in [2.45, 2.75) is 44.2 Å². The largest absolute Gasteiger partial charge is 0.481 e. The standard InChI is InChI=1S/C26H30N2O6/c1-16-7-6-12-28(23(16)14-29)25(32)22(13-24(30)31)27-26(33)34-15-21-19-10-4-2-8-17(19)18-9-3-5-11-20(18)21/h2-5,8-11,16,21-23,29H,6-7,12-15H2,1H3,(H,27,33)(H,30,31)/t16-,22?,23-/m0/s1. The van der Waals surface area contributed by atoms with E-state index >= 15 is 0 Å². The Morgan fingerprint density at radius 3 is 2.29 bits per heavy atom. The molecule has 1 aliphatic carbocycles. The van der Waals surface area contributed by atoms with E-state index in [9.17, 15) is 24.6 Å². The number of carboxylic acid groups (broad SMARTS) is 1. The van der Waals surface area contributed by atoms with Gasteiger partial charge in [-0.05, 0) is 41.0 Å². The highest BCUT2D eigenvalue weighted by Gasteiger charge is 2.37. The van der Waals surface area contributed by atoms with Crippen LogP contribution in [0.25, 0.3) is 11.1 Å². The highest BCUT2D eigenvalue weighted by molar-refractivity contribution is 5.89. The molecule has 180 valence electrons. The molecule has 0 aromatic heterocycles. The maximum absolute atomic E-state index is 13.2. The second-order valence-corrected chi connectivity index (χ2v) is 9.02. The molecular formula is C26H30N2O6. The van der Waals surface area contributed by atoms with E-state index in [1.807, 2.05) is 55.5 Å². The van der Waals surface area contributed by atoms with Crippen molar-refractivity contribution in [1.29, 1.82) is 0 Å². The molecule has 0 radical (unpaired) electrons. The molecule has 3 N–H and O–H groups in total. The van der Waals surface area contributed by atoms with Crippen molar-refractivity contribution >= 4 is 18.0 Å². The van der Waals surface area contributed by atoms with Gasteiger partial charge in [0.25, 0.3) is 0 Å². The number of aliphatic hydroxyl groups is 1. The number of aliphatic hydroxyl groups excluding tert-OH is 1. The number of nitrogens with one attached hydrogen (secondary N) is 1. The number of aliphatic carboxylic acids is 1. The summed E-state index contributed by atoms with van der Waals surface area (Å²) < 4.78 is 5.50. The zero-order valence-electron chi connectivity index (χ0n) is 19.1. The number of hydrogen-bond acceptors (Lipinski definition) is 5. The molecule has 2 aliphatic rings. The van der Waals surface area contributed by atoms with Crippen molar-refractivity contribution in [3.63, 3.8) is 0 Å². The number of alkyl carbamates (subject to hydrolysis) is 1. The van der Waals surface area contributed by atoms with Crippen LogP contribution in [0, 0.1) is 5.92 Å². The average Bonchev–Trinajstić information content (AvgIpc) is 3.15. The Morgan fingerprint density at radius 1 is 1.09 bits per heavy atom. The maximum atomic E-state index is 13.2. The Kier molecular flexibility index (Phi) is 7.17. The van der Waals surface area contributed by atoms with Gasteiger partial charge in [0.15, 0.2) is 0 Å². The first-order valence-electron chi connectivity index (χ1n) is 11.6. The van der Waals surface area contributed by atoms with Gasteiger partial charge in [0.1, 0.15) is 12.6 Å². The highest BCUT2D eigenvalue weighted by atomic mass is 16.5. The first kappa shape index (κ1) is 23.8. The number of piperidine rings is 1. The Hall–Kier alpha value is -3.39. The number of amides is 2. The van der Waals surface area contributed by atoms with Gasteiger partial charge in [0.2, 0.25) is 5.91 Å². The van der Waals surface area contributed by atoms with Crippen LogP contribution in [-0.4, -0.2) is 64.9 Å². The summed E-state index contributed by atoms with van der Waals surface area (Å²) in [7, 11) is 0. The molecule has 0 spiro atoms. The van der Waals surface area contributed by atoms with Gasteiger partial charge in [-0.3, -0.25) is 9.59 Å². The summed E-state index contributed by atoms with van der Waals surface area (Å²) in [5, 5.41) is 21.6. The molecule has 1 fully saturated rings. The number of carbonyl (C=O) groups excluding carboxylic acids is 2. The summed E-state index contributed by atoms with van der Waals surface area (Å²) in [6.45, 7) is 2.22. The first-order chi connectivity index (χ1) is 16.4. The minimum absolute atomic E-state index is 0.0633. The third kappa shape index (κ3) is 4.77. The van der Waals surface area contributed by atoms with E-state index < -0.39 is 36.5 Å². The smallest absolute Gasteiger partial charge is 0.407 e. The summed E-state index contributed by atoms with van der Waals surface area (Å²) in [5.41, 5.74) is 4.31. The van der Waals surface area contributed by atoms with Crippen LogP contribution in [-0.2, 0) is 14.3 Å². The molecule has 2 aromatic carbocycles. The van der Waals surface area contributed by atoms with Crippen molar-refractivity contribution in [3.05, 3.63) is 59.7 Å². The van der Waals surface area contributed by atoms with Crippen molar-refractivity contribution < 1.29 is 29.3 Å². The molecule has 34 heavy (non-hydrogen) atoms. The lowest BCUT2D eigenvalue weighted by Gasteiger charge is -2.40. The fraction of sp³-hybridized carbons (Fsp3) is 0.423. The van der Waals surface area contributed by atoms with Gasteiger partial charge in [-0.25, -0.2) is 4.79 Å². The molecule has 8 heteroatoms. The third-order valence-electron chi connectivity index (χ3n) is 6.90. The minimum Gasteiger partial charge on any atom is -0.481 e. The van der Waals surface area contributed by atoms with Crippen LogP contribution < -0.4 is 5.32 Å². The summed E-state index contributed by atoms with van der Waals surface area (Å²) in [6.07, 6.45) is 0.227. The number of nitrogens with zero attached hydrogens (tertiary/aromatic N) is 1. The molecule has 1 unspecified atom stereocenters. The van der Waals surface area contributed by atoms with Crippen LogP contribution in [0.4, 0.5) is 4.79 Å². The molecule has 2 aromatic rings. The van der Waals surface area contributed by atoms with E-state index in [0.717, 1.165) is 35.1 Å². The van der Waals surface area contributed by atoms with Crippen LogP contribution in [0.3, 0.4) is 0 Å². The quantitative estimate of drug-likeness (QED) is 0.578. The van der Waals surface area contributed by atoms with Crippen LogP contribution in [0.2, 0.25) is 0 Å². The lowest BCUT2D eigenvalue weighted by atomic mass is 9.90. The van der Waals surface area contributed by atoms with E-state index in [0.29, 0.717) is 6.54 Å². The minimum atomic E-state index is -1.27. The third-order valence-corrected chi connectivity index (χ3v) is 6.90. The number of rotatable bonds is 7. The van der Waals surface area contributed by atoms with Crippen LogP contribution in [0.15, 0.2) is 48.5 Å². The van der Waals surface area contributed by atoms with E-state index in [1.165, 1.54) is 4.90 Å². The molecule has 1 aliphatic heterocycles. The lowest BCUT2D eigenvalue weighted by molar-refractivity contribution is -0.145. The molecule has 2 amide bonds. The number of carbonyl (C=O) groups is 3. The summed E-state index contributed by atoms with van der Waals surface area (Å²) >= 11 is 0. The van der Waals surface area contributed by atoms with Gasteiger partial charge in [-0.15, -0.1) is 0 Å². The second-order valence-electron chi connectivity index (χ2n) is 9.02. The van der Waals surface area contributed by atoms with Crippen molar-refractivity contribution in [1.82, 2.24) is 10.2 Å². The maximum Gasteiger partial charge on any atom is 0.407 e. The number of ether oxygens (including phenoxy) is 1. The Labute approximate surface area is 198 Å². The van der Waals surface area contributed by atoms with Gasteiger partial charge in [0, 0.05) is 12.5 Å². The Balaban J connectivity index is 1.45. The van der Waals surface area contributed by atoms with E-state index in [2.05, 4.69) is 5.32 Å². The van der Waals surface area contributed by atoms with Crippen molar-refractivity contribution in [2.24, 2.45) is 5.92 Å².